The summed E-state index contributed by atoms with van der Waals surface area (Å²) in [6, 6.07) is 10.8. The summed E-state index contributed by atoms with van der Waals surface area (Å²) in [5.41, 5.74) is 1.23. The number of hydrogen-bond acceptors (Lipinski definition) is 5. The molecular weight excluding hydrogens is 380 g/mol. The molecule has 7 heteroatoms. The lowest BCUT2D eigenvalue weighted by Gasteiger charge is -2.25. The molecule has 27 heavy (non-hydrogen) atoms. The van der Waals surface area contributed by atoms with Crippen LogP contribution in [-0.4, -0.2) is 50.4 Å². The van der Waals surface area contributed by atoms with Crippen molar-refractivity contribution in [3.63, 3.8) is 0 Å². The number of ether oxygens (including phenoxy) is 1. The molecule has 2 aliphatic rings. The molecule has 5 nitrogen and oxygen atoms in total. The molecule has 1 aromatic heterocycles. The maximum absolute atomic E-state index is 12.8. The molecule has 0 saturated carbocycles. The number of thiophene rings is 1. The Morgan fingerprint density at radius 1 is 1.07 bits per heavy atom. The minimum absolute atomic E-state index is 0.364. The van der Waals surface area contributed by atoms with E-state index in [0.717, 1.165) is 35.9 Å². The third kappa shape index (κ3) is 4.37. The first kappa shape index (κ1) is 18.9. The molecule has 1 aromatic carbocycles. The maximum atomic E-state index is 12.8. The summed E-state index contributed by atoms with van der Waals surface area (Å²) in [5.74, 6) is 0. The standard InChI is InChI=1S/C20H26N2O3S2/c23-27(24,18-7-2-1-3-8-18)22-13-9-17-15-20(26-19(17)16-22)25-14-6-12-21-10-4-5-11-21/h1-3,7-8,15H,4-6,9-14,16H2. The minimum Gasteiger partial charge on any atom is -0.484 e. The fraction of sp³-hybridized carbons (Fsp3) is 0.500. The van der Waals surface area contributed by atoms with Gasteiger partial charge in [-0.2, -0.15) is 4.31 Å². The minimum atomic E-state index is -3.43. The Labute approximate surface area is 165 Å². The molecule has 0 aliphatic carbocycles. The fourth-order valence-corrected chi connectivity index (χ4v) is 6.36. The quantitative estimate of drug-likeness (QED) is 0.662. The smallest absolute Gasteiger partial charge is 0.243 e. The van der Waals surface area contributed by atoms with Gasteiger partial charge < -0.3 is 9.64 Å². The predicted molar refractivity (Wildman–Crippen MR) is 108 cm³/mol. The van der Waals surface area contributed by atoms with Crippen molar-refractivity contribution in [2.75, 3.05) is 32.8 Å². The number of rotatable bonds is 7. The molecule has 0 radical (unpaired) electrons. The fourth-order valence-electron chi connectivity index (χ4n) is 3.75. The van der Waals surface area contributed by atoms with Gasteiger partial charge in [0.05, 0.1) is 11.5 Å². The average Bonchev–Trinajstić information content (AvgIpc) is 3.34. The molecule has 0 unspecified atom stereocenters. The average molecular weight is 407 g/mol. The van der Waals surface area contributed by atoms with Gasteiger partial charge in [-0.1, -0.05) is 18.2 Å². The Morgan fingerprint density at radius 3 is 2.63 bits per heavy atom. The first-order chi connectivity index (χ1) is 13.1. The van der Waals surface area contributed by atoms with E-state index in [9.17, 15) is 8.42 Å². The van der Waals surface area contributed by atoms with Crippen LogP contribution in [0.4, 0.5) is 0 Å². The largest absolute Gasteiger partial charge is 0.484 e. The number of benzene rings is 1. The summed E-state index contributed by atoms with van der Waals surface area (Å²) in [7, 11) is -3.43. The summed E-state index contributed by atoms with van der Waals surface area (Å²) in [6.07, 6.45) is 4.42. The lowest BCUT2D eigenvalue weighted by molar-refractivity contribution is 0.268. The van der Waals surface area contributed by atoms with Crippen molar-refractivity contribution in [3.05, 3.63) is 46.8 Å². The predicted octanol–water partition coefficient (Wildman–Crippen LogP) is 3.36. The molecule has 2 aromatic rings. The van der Waals surface area contributed by atoms with Crippen LogP contribution in [-0.2, 0) is 23.0 Å². The van der Waals surface area contributed by atoms with E-state index < -0.39 is 10.0 Å². The number of sulfonamides is 1. The lowest BCUT2D eigenvalue weighted by atomic mass is 10.1. The van der Waals surface area contributed by atoms with Crippen LogP contribution in [0.15, 0.2) is 41.3 Å². The van der Waals surface area contributed by atoms with E-state index in [0.29, 0.717) is 18.0 Å². The summed E-state index contributed by atoms with van der Waals surface area (Å²) >= 11 is 1.59. The van der Waals surface area contributed by atoms with Crippen molar-refractivity contribution >= 4 is 21.4 Å². The van der Waals surface area contributed by atoms with E-state index in [-0.39, 0.29) is 0 Å². The van der Waals surface area contributed by atoms with E-state index in [4.69, 9.17) is 4.74 Å². The monoisotopic (exact) mass is 406 g/mol. The molecule has 146 valence electrons. The van der Waals surface area contributed by atoms with Crippen molar-refractivity contribution < 1.29 is 13.2 Å². The number of hydrogen-bond donors (Lipinski definition) is 0. The zero-order chi connectivity index (χ0) is 18.7. The van der Waals surface area contributed by atoms with Gasteiger partial charge in [0.25, 0.3) is 0 Å². The SMILES string of the molecule is O=S(=O)(c1ccccc1)N1CCc2cc(OCCCN3CCCC3)sc2C1. The van der Waals surface area contributed by atoms with Gasteiger partial charge in [-0.05, 0) is 62.5 Å². The highest BCUT2D eigenvalue weighted by Gasteiger charge is 2.29. The number of fused-ring (bicyclic) bond motifs is 1. The van der Waals surface area contributed by atoms with Crippen molar-refractivity contribution in [1.29, 1.82) is 0 Å². The molecule has 0 N–H and O–H groups in total. The van der Waals surface area contributed by atoms with Gasteiger partial charge in [0, 0.05) is 24.5 Å². The van der Waals surface area contributed by atoms with Crippen LogP contribution in [0.3, 0.4) is 0 Å². The van der Waals surface area contributed by atoms with Crippen molar-refractivity contribution in [1.82, 2.24) is 9.21 Å². The molecule has 1 fully saturated rings. The van der Waals surface area contributed by atoms with Gasteiger partial charge in [-0.15, -0.1) is 11.3 Å². The Hall–Kier alpha value is -1.41. The van der Waals surface area contributed by atoms with Gasteiger partial charge >= 0.3 is 0 Å². The third-order valence-corrected chi connectivity index (χ3v) is 8.20. The Kier molecular flexibility index (Phi) is 5.82. The molecule has 4 rings (SSSR count). The van der Waals surface area contributed by atoms with Gasteiger partial charge in [0.2, 0.25) is 10.0 Å². The van der Waals surface area contributed by atoms with Gasteiger partial charge in [-0.25, -0.2) is 8.42 Å². The molecular formula is C20H26N2O3S2. The topological polar surface area (TPSA) is 49.9 Å². The Balaban J connectivity index is 1.34. The van der Waals surface area contributed by atoms with E-state index in [1.54, 1.807) is 39.9 Å². The summed E-state index contributed by atoms with van der Waals surface area (Å²) in [5, 5.41) is 0.917. The van der Waals surface area contributed by atoms with E-state index in [1.807, 2.05) is 6.07 Å². The molecule has 1 saturated heterocycles. The van der Waals surface area contributed by atoms with E-state index >= 15 is 0 Å². The van der Waals surface area contributed by atoms with Crippen LogP contribution >= 0.6 is 11.3 Å². The van der Waals surface area contributed by atoms with Crippen molar-refractivity contribution in [2.24, 2.45) is 0 Å². The molecule has 0 amide bonds. The van der Waals surface area contributed by atoms with Gasteiger partial charge in [-0.3, -0.25) is 0 Å². The summed E-state index contributed by atoms with van der Waals surface area (Å²) in [6.45, 7) is 5.23. The van der Waals surface area contributed by atoms with E-state index in [2.05, 4.69) is 11.0 Å². The summed E-state index contributed by atoms with van der Waals surface area (Å²) < 4.78 is 33.2. The lowest BCUT2D eigenvalue weighted by Crippen LogP contribution is -2.35. The van der Waals surface area contributed by atoms with Crippen LogP contribution < -0.4 is 4.74 Å². The third-order valence-electron chi connectivity index (χ3n) is 5.27. The van der Waals surface area contributed by atoms with Crippen LogP contribution in [0.25, 0.3) is 0 Å². The zero-order valence-electron chi connectivity index (χ0n) is 15.5. The second-order valence-electron chi connectivity index (χ2n) is 7.17. The van der Waals surface area contributed by atoms with Crippen LogP contribution in [0.1, 0.15) is 29.7 Å². The van der Waals surface area contributed by atoms with Crippen molar-refractivity contribution in [3.8, 4) is 5.06 Å². The maximum Gasteiger partial charge on any atom is 0.243 e. The first-order valence-corrected chi connectivity index (χ1v) is 11.9. The Bertz CT molecular complexity index is 859. The highest BCUT2D eigenvalue weighted by Crippen LogP contribution is 2.35. The highest BCUT2D eigenvalue weighted by molar-refractivity contribution is 7.89. The molecule has 0 bridgehead atoms. The molecule has 2 aliphatic heterocycles. The summed E-state index contributed by atoms with van der Waals surface area (Å²) in [4.78, 5) is 3.97. The molecule has 3 heterocycles. The normalized spacial score (nSPS) is 18.5. The first-order valence-electron chi connectivity index (χ1n) is 9.65. The second kappa shape index (κ2) is 8.31. The number of likely N-dealkylation sites (tertiary alicyclic amines) is 1. The molecule has 0 atom stereocenters. The second-order valence-corrected chi connectivity index (χ2v) is 10.2. The molecule has 0 spiro atoms. The van der Waals surface area contributed by atoms with Gasteiger partial charge in [0.1, 0.15) is 0 Å². The van der Waals surface area contributed by atoms with Gasteiger partial charge in [0.15, 0.2) is 5.06 Å². The zero-order valence-corrected chi connectivity index (χ0v) is 17.1. The van der Waals surface area contributed by atoms with Crippen molar-refractivity contribution in [2.45, 2.75) is 37.1 Å². The van der Waals surface area contributed by atoms with Crippen LogP contribution in [0.5, 0.6) is 5.06 Å². The number of nitrogens with zero attached hydrogens (tertiary/aromatic N) is 2. The van der Waals surface area contributed by atoms with Crippen LogP contribution in [0, 0.1) is 0 Å². The van der Waals surface area contributed by atoms with E-state index in [1.165, 1.54) is 31.5 Å². The Morgan fingerprint density at radius 2 is 1.85 bits per heavy atom. The highest BCUT2D eigenvalue weighted by atomic mass is 32.2. The van der Waals surface area contributed by atoms with Crippen LogP contribution in [0.2, 0.25) is 0 Å².